The summed E-state index contributed by atoms with van der Waals surface area (Å²) >= 11 is 3.20. The number of hydrogen-bond donors (Lipinski definition) is 0. The first-order valence-corrected chi connectivity index (χ1v) is 5.16. The fourth-order valence-corrected chi connectivity index (χ4v) is 1.82. The molecule has 0 saturated carbocycles. The largest absolute Gasteiger partial charge is 0.469 e. The van der Waals surface area contributed by atoms with Crippen molar-refractivity contribution >= 4 is 28.2 Å². The number of aldehydes is 1. The maximum Gasteiger partial charge on any atom is 0.310 e. The number of carbonyl (C=O) groups is 2. The highest BCUT2D eigenvalue weighted by molar-refractivity contribution is 9.10. The molecule has 0 saturated heterocycles. The van der Waals surface area contributed by atoms with Crippen molar-refractivity contribution in [3.8, 4) is 6.07 Å². The Bertz CT molecular complexity index is 477. The molecule has 0 aliphatic rings. The minimum atomic E-state index is -0.459. The molecule has 0 atom stereocenters. The van der Waals surface area contributed by atoms with Gasteiger partial charge in [0.25, 0.3) is 0 Å². The Balaban J connectivity index is 3.27. The predicted molar refractivity (Wildman–Crippen MR) is 60.0 cm³/mol. The maximum absolute atomic E-state index is 11.2. The minimum Gasteiger partial charge on any atom is -0.469 e. The van der Waals surface area contributed by atoms with E-state index in [-0.39, 0.29) is 6.42 Å². The molecule has 16 heavy (non-hydrogen) atoms. The molecule has 0 unspecified atom stereocenters. The van der Waals surface area contributed by atoms with Crippen molar-refractivity contribution in [2.45, 2.75) is 6.42 Å². The summed E-state index contributed by atoms with van der Waals surface area (Å²) in [6.45, 7) is 0. The Morgan fingerprint density at radius 2 is 2.31 bits per heavy atom. The lowest BCUT2D eigenvalue weighted by Crippen LogP contribution is -2.08. The van der Waals surface area contributed by atoms with E-state index in [9.17, 15) is 9.59 Å². The normalized spacial score (nSPS) is 9.31. The van der Waals surface area contributed by atoms with Gasteiger partial charge in [0, 0.05) is 10.0 Å². The van der Waals surface area contributed by atoms with E-state index in [1.807, 2.05) is 6.07 Å². The van der Waals surface area contributed by atoms with Gasteiger partial charge in [-0.05, 0) is 27.6 Å². The molecular weight excluding hydrogens is 274 g/mol. The van der Waals surface area contributed by atoms with Gasteiger partial charge in [-0.2, -0.15) is 5.26 Å². The van der Waals surface area contributed by atoms with Crippen molar-refractivity contribution in [1.29, 1.82) is 5.26 Å². The van der Waals surface area contributed by atoms with E-state index in [4.69, 9.17) is 5.26 Å². The molecule has 1 rings (SSSR count). The van der Waals surface area contributed by atoms with Crippen molar-refractivity contribution in [3.05, 3.63) is 33.3 Å². The summed E-state index contributed by atoms with van der Waals surface area (Å²) in [5.41, 5.74) is 1.22. The summed E-state index contributed by atoms with van der Waals surface area (Å²) in [6, 6.07) is 4.99. The Morgan fingerprint density at radius 3 is 2.81 bits per heavy atom. The molecular formula is C11H8BrNO3. The number of nitrogens with zero attached hydrogens (tertiary/aromatic N) is 1. The SMILES string of the molecule is COC(=O)Cc1c(C=O)ccc(C#N)c1Br. The van der Waals surface area contributed by atoms with E-state index >= 15 is 0 Å². The highest BCUT2D eigenvalue weighted by Crippen LogP contribution is 2.25. The molecule has 0 aliphatic heterocycles. The average Bonchev–Trinajstić information content (AvgIpc) is 2.31. The van der Waals surface area contributed by atoms with Crippen LogP contribution in [0.25, 0.3) is 0 Å². The number of rotatable bonds is 3. The van der Waals surface area contributed by atoms with Crippen LogP contribution >= 0.6 is 15.9 Å². The van der Waals surface area contributed by atoms with Crippen LogP contribution in [0.1, 0.15) is 21.5 Å². The molecule has 0 bridgehead atoms. The van der Waals surface area contributed by atoms with Gasteiger partial charge in [-0.3, -0.25) is 9.59 Å². The highest BCUT2D eigenvalue weighted by Gasteiger charge is 2.14. The van der Waals surface area contributed by atoms with Crippen LogP contribution in [0.4, 0.5) is 0 Å². The van der Waals surface area contributed by atoms with Crippen molar-refractivity contribution in [2.75, 3.05) is 7.11 Å². The Hall–Kier alpha value is -1.67. The fourth-order valence-electron chi connectivity index (χ4n) is 1.23. The lowest BCUT2D eigenvalue weighted by Gasteiger charge is -2.07. The highest BCUT2D eigenvalue weighted by atomic mass is 79.9. The van der Waals surface area contributed by atoms with Crippen LogP contribution in [-0.4, -0.2) is 19.4 Å². The van der Waals surface area contributed by atoms with Crippen molar-refractivity contribution in [3.63, 3.8) is 0 Å². The van der Waals surface area contributed by atoms with E-state index in [2.05, 4.69) is 20.7 Å². The molecule has 0 spiro atoms. The maximum atomic E-state index is 11.2. The van der Waals surface area contributed by atoms with E-state index in [1.165, 1.54) is 19.2 Å². The van der Waals surface area contributed by atoms with Crippen LogP contribution in [0.3, 0.4) is 0 Å². The third-order valence-electron chi connectivity index (χ3n) is 2.08. The van der Waals surface area contributed by atoms with Crippen molar-refractivity contribution in [1.82, 2.24) is 0 Å². The van der Waals surface area contributed by atoms with E-state index in [0.717, 1.165) is 0 Å². The number of esters is 1. The van der Waals surface area contributed by atoms with Gasteiger partial charge in [0.1, 0.15) is 12.4 Å². The number of nitriles is 1. The molecule has 4 nitrogen and oxygen atoms in total. The summed E-state index contributed by atoms with van der Waals surface area (Å²) < 4.78 is 4.99. The smallest absolute Gasteiger partial charge is 0.310 e. The third-order valence-corrected chi connectivity index (χ3v) is 2.98. The van der Waals surface area contributed by atoms with Gasteiger partial charge in [0.2, 0.25) is 0 Å². The molecule has 0 N–H and O–H groups in total. The Morgan fingerprint density at radius 1 is 1.62 bits per heavy atom. The number of hydrogen-bond acceptors (Lipinski definition) is 4. The summed E-state index contributed by atoms with van der Waals surface area (Å²) in [5, 5.41) is 8.81. The zero-order valence-corrected chi connectivity index (χ0v) is 10.1. The van der Waals surface area contributed by atoms with Gasteiger partial charge >= 0.3 is 5.97 Å². The number of methoxy groups -OCH3 is 1. The standard InChI is InChI=1S/C11H8BrNO3/c1-16-10(15)4-9-8(6-14)3-2-7(5-13)11(9)12/h2-3,6H,4H2,1H3. The summed E-state index contributed by atoms with van der Waals surface area (Å²) in [6.07, 6.45) is 0.602. The molecule has 0 radical (unpaired) electrons. The van der Waals surface area contributed by atoms with Crippen molar-refractivity contribution < 1.29 is 14.3 Å². The molecule has 82 valence electrons. The number of carbonyl (C=O) groups excluding carboxylic acids is 2. The van der Waals surface area contributed by atoms with Crippen LogP contribution in [0, 0.1) is 11.3 Å². The van der Waals surface area contributed by atoms with Crippen LogP contribution in [-0.2, 0) is 16.0 Å². The van der Waals surface area contributed by atoms with Crippen LogP contribution in [0.15, 0.2) is 16.6 Å². The molecule has 0 heterocycles. The van der Waals surface area contributed by atoms with Crippen LogP contribution in [0.2, 0.25) is 0 Å². The first-order valence-electron chi connectivity index (χ1n) is 4.37. The predicted octanol–water partition coefficient (Wildman–Crippen LogP) is 1.85. The average molecular weight is 282 g/mol. The molecule has 0 fully saturated rings. The van der Waals surface area contributed by atoms with Crippen LogP contribution in [0.5, 0.6) is 0 Å². The fraction of sp³-hybridized carbons (Fsp3) is 0.182. The molecule has 0 amide bonds. The zero-order chi connectivity index (χ0) is 12.1. The quantitative estimate of drug-likeness (QED) is 0.626. The first-order chi connectivity index (χ1) is 7.63. The Labute approximate surface area is 101 Å². The molecule has 0 aliphatic carbocycles. The van der Waals surface area contributed by atoms with Gasteiger partial charge in [-0.15, -0.1) is 0 Å². The van der Waals surface area contributed by atoms with Crippen LogP contribution < -0.4 is 0 Å². The molecule has 5 heteroatoms. The lowest BCUT2D eigenvalue weighted by molar-refractivity contribution is -0.139. The van der Waals surface area contributed by atoms with E-state index in [0.29, 0.717) is 27.4 Å². The monoisotopic (exact) mass is 281 g/mol. The molecule has 1 aromatic rings. The summed E-state index contributed by atoms with van der Waals surface area (Å²) in [5.74, 6) is -0.459. The van der Waals surface area contributed by atoms with Gasteiger partial charge in [-0.25, -0.2) is 0 Å². The van der Waals surface area contributed by atoms with Gasteiger partial charge in [-0.1, -0.05) is 6.07 Å². The van der Waals surface area contributed by atoms with E-state index in [1.54, 1.807) is 0 Å². The topological polar surface area (TPSA) is 67.2 Å². The minimum absolute atomic E-state index is 0.0410. The Kier molecular flexibility index (Phi) is 4.20. The van der Waals surface area contributed by atoms with Gasteiger partial charge in [0.05, 0.1) is 19.1 Å². The van der Waals surface area contributed by atoms with Gasteiger partial charge in [0.15, 0.2) is 0 Å². The number of halogens is 1. The van der Waals surface area contributed by atoms with E-state index < -0.39 is 5.97 Å². The number of ether oxygens (including phenoxy) is 1. The zero-order valence-electron chi connectivity index (χ0n) is 8.49. The van der Waals surface area contributed by atoms with Crippen molar-refractivity contribution in [2.24, 2.45) is 0 Å². The number of benzene rings is 1. The molecule has 0 aromatic heterocycles. The first kappa shape index (κ1) is 12.4. The molecule has 1 aromatic carbocycles. The lowest BCUT2D eigenvalue weighted by atomic mass is 10.0. The third kappa shape index (κ3) is 2.47. The summed E-state index contributed by atoms with van der Waals surface area (Å²) in [7, 11) is 1.27. The second kappa shape index (κ2) is 5.42. The second-order valence-electron chi connectivity index (χ2n) is 2.98. The summed E-state index contributed by atoms with van der Waals surface area (Å²) in [4.78, 5) is 22.0. The van der Waals surface area contributed by atoms with Gasteiger partial charge < -0.3 is 4.74 Å². The second-order valence-corrected chi connectivity index (χ2v) is 3.77.